The van der Waals surface area contributed by atoms with Gasteiger partial charge >= 0.3 is 0 Å². The average molecular weight is 432 g/mol. The first-order chi connectivity index (χ1) is 15.5. The molecule has 0 unspecified atom stereocenters. The van der Waals surface area contributed by atoms with Gasteiger partial charge in [-0.25, -0.2) is 4.39 Å². The highest BCUT2D eigenvalue weighted by molar-refractivity contribution is 5.86. The SMILES string of the molecule is CCc1ccc(-c2noc(-c3cn(C)c4cc(N5CCCCC5)c(F)cc4c3=O)n2)cc1. The molecule has 0 radical (unpaired) electrons. The number of piperidine rings is 1. The zero-order chi connectivity index (χ0) is 22.2. The van der Waals surface area contributed by atoms with E-state index in [1.807, 2.05) is 35.9 Å². The largest absolute Gasteiger partial charge is 0.369 e. The Bertz CT molecular complexity index is 1330. The average Bonchev–Trinajstić information content (AvgIpc) is 3.32. The maximum atomic E-state index is 15.0. The Morgan fingerprint density at radius 1 is 1.09 bits per heavy atom. The second-order valence-electron chi connectivity index (χ2n) is 8.32. The molecule has 1 saturated heterocycles. The molecular formula is C25H25FN4O2. The Labute approximate surface area is 185 Å². The first-order valence-electron chi connectivity index (χ1n) is 11.1. The van der Waals surface area contributed by atoms with E-state index in [0.717, 1.165) is 37.9 Å². The summed E-state index contributed by atoms with van der Waals surface area (Å²) in [7, 11) is 1.84. The third-order valence-corrected chi connectivity index (χ3v) is 6.23. The minimum Gasteiger partial charge on any atom is -0.369 e. The molecule has 2 aromatic carbocycles. The van der Waals surface area contributed by atoms with Crippen molar-refractivity contribution in [1.82, 2.24) is 14.7 Å². The highest BCUT2D eigenvalue weighted by Crippen LogP contribution is 2.29. The summed E-state index contributed by atoms with van der Waals surface area (Å²) in [5.41, 5.74) is 3.19. The summed E-state index contributed by atoms with van der Waals surface area (Å²) in [5, 5.41) is 4.35. The van der Waals surface area contributed by atoms with Crippen LogP contribution in [0.15, 0.2) is 51.9 Å². The summed E-state index contributed by atoms with van der Waals surface area (Å²) in [6.45, 7) is 3.76. The number of rotatable bonds is 4. The van der Waals surface area contributed by atoms with Gasteiger partial charge in [0.05, 0.1) is 11.2 Å². The molecule has 0 spiro atoms. The van der Waals surface area contributed by atoms with Crippen LogP contribution in [0.4, 0.5) is 10.1 Å². The lowest BCUT2D eigenvalue weighted by atomic mass is 10.1. The van der Waals surface area contributed by atoms with Crippen molar-refractivity contribution in [2.75, 3.05) is 18.0 Å². The van der Waals surface area contributed by atoms with Crippen molar-refractivity contribution < 1.29 is 8.91 Å². The predicted octanol–water partition coefficient (Wildman–Crippen LogP) is 4.95. The zero-order valence-electron chi connectivity index (χ0n) is 18.3. The van der Waals surface area contributed by atoms with E-state index >= 15 is 0 Å². The van der Waals surface area contributed by atoms with Gasteiger partial charge in [0.2, 0.25) is 11.3 Å². The van der Waals surface area contributed by atoms with Gasteiger partial charge in [-0.05, 0) is 43.4 Å². The Kier molecular flexibility index (Phi) is 5.25. The van der Waals surface area contributed by atoms with Crippen LogP contribution in [0, 0.1) is 5.82 Å². The van der Waals surface area contributed by atoms with Gasteiger partial charge in [-0.2, -0.15) is 4.98 Å². The summed E-state index contributed by atoms with van der Waals surface area (Å²) < 4.78 is 22.2. The number of pyridine rings is 1. The van der Waals surface area contributed by atoms with Crippen molar-refractivity contribution in [3.8, 4) is 22.8 Å². The first-order valence-corrected chi connectivity index (χ1v) is 11.1. The third kappa shape index (κ3) is 3.57. The van der Waals surface area contributed by atoms with Gasteiger partial charge in [-0.15, -0.1) is 0 Å². The number of nitrogens with zero attached hydrogens (tertiary/aromatic N) is 4. The summed E-state index contributed by atoms with van der Waals surface area (Å²) >= 11 is 0. The highest BCUT2D eigenvalue weighted by Gasteiger charge is 2.20. The van der Waals surface area contributed by atoms with Gasteiger partial charge in [-0.3, -0.25) is 4.79 Å². The lowest BCUT2D eigenvalue weighted by Crippen LogP contribution is -2.30. The number of aryl methyl sites for hydroxylation is 2. The molecule has 4 aromatic rings. The lowest BCUT2D eigenvalue weighted by molar-refractivity contribution is 0.432. The molecule has 3 heterocycles. The molecule has 1 aliphatic heterocycles. The maximum absolute atomic E-state index is 15.0. The molecule has 0 amide bonds. The Morgan fingerprint density at radius 2 is 1.84 bits per heavy atom. The fourth-order valence-electron chi connectivity index (χ4n) is 4.36. The van der Waals surface area contributed by atoms with Gasteiger partial charge in [0.15, 0.2) is 0 Å². The molecule has 2 aromatic heterocycles. The second-order valence-corrected chi connectivity index (χ2v) is 8.32. The van der Waals surface area contributed by atoms with Gasteiger partial charge in [0, 0.05) is 37.3 Å². The van der Waals surface area contributed by atoms with Crippen LogP contribution in [0.1, 0.15) is 31.7 Å². The van der Waals surface area contributed by atoms with Gasteiger partial charge in [0.1, 0.15) is 11.4 Å². The van der Waals surface area contributed by atoms with E-state index in [1.165, 1.54) is 18.1 Å². The van der Waals surface area contributed by atoms with Crippen molar-refractivity contribution >= 4 is 16.6 Å². The molecule has 0 N–H and O–H groups in total. The molecule has 6 nitrogen and oxygen atoms in total. The molecule has 0 saturated carbocycles. The van der Waals surface area contributed by atoms with Crippen molar-refractivity contribution in [1.29, 1.82) is 0 Å². The molecule has 1 fully saturated rings. The Balaban J connectivity index is 1.56. The number of benzene rings is 2. The quantitative estimate of drug-likeness (QED) is 0.457. The van der Waals surface area contributed by atoms with Crippen LogP contribution in [-0.4, -0.2) is 27.8 Å². The molecular weight excluding hydrogens is 407 g/mol. The van der Waals surface area contributed by atoms with Gasteiger partial charge in [0.25, 0.3) is 5.89 Å². The smallest absolute Gasteiger partial charge is 0.263 e. The number of aromatic nitrogens is 3. The van der Waals surface area contributed by atoms with Gasteiger partial charge < -0.3 is 14.0 Å². The standard InChI is InChI=1S/C25H25FN4O2/c1-3-16-7-9-17(10-8-16)24-27-25(32-28-24)19-15-29(2)21-14-22(30-11-5-4-6-12-30)20(26)13-18(21)23(19)31/h7-10,13-15H,3-6,11-12H2,1-2H3. The van der Waals surface area contributed by atoms with Crippen LogP contribution in [0.3, 0.4) is 0 Å². The topological polar surface area (TPSA) is 64.2 Å². The lowest BCUT2D eigenvalue weighted by Gasteiger charge is -2.29. The van der Waals surface area contributed by atoms with E-state index in [-0.39, 0.29) is 22.7 Å². The summed E-state index contributed by atoms with van der Waals surface area (Å²) in [6, 6.07) is 11.0. The summed E-state index contributed by atoms with van der Waals surface area (Å²) in [4.78, 5) is 19.7. The Hall–Kier alpha value is -3.48. The molecule has 1 aliphatic rings. The zero-order valence-corrected chi connectivity index (χ0v) is 18.3. The maximum Gasteiger partial charge on any atom is 0.263 e. The van der Waals surface area contributed by atoms with Crippen LogP contribution < -0.4 is 10.3 Å². The van der Waals surface area contributed by atoms with Crippen LogP contribution in [-0.2, 0) is 13.5 Å². The summed E-state index contributed by atoms with van der Waals surface area (Å²) in [6.07, 6.45) is 5.90. The van der Waals surface area contributed by atoms with E-state index in [2.05, 4.69) is 22.0 Å². The van der Waals surface area contributed by atoms with E-state index in [0.29, 0.717) is 22.4 Å². The Morgan fingerprint density at radius 3 is 2.56 bits per heavy atom. The van der Waals surface area contributed by atoms with Gasteiger partial charge in [-0.1, -0.05) is 36.3 Å². The second kappa shape index (κ2) is 8.22. The van der Waals surface area contributed by atoms with Crippen LogP contribution in [0.25, 0.3) is 33.7 Å². The van der Waals surface area contributed by atoms with E-state index in [9.17, 15) is 9.18 Å². The minimum absolute atomic E-state index is 0.127. The molecule has 0 aliphatic carbocycles. The van der Waals surface area contributed by atoms with Crippen molar-refractivity contribution in [3.05, 3.63) is 64.2 Å². The highest BCUT2D eigenvalue weighted by atomic mass is 19.1. The van der Waals surface area contributed by atoms with E-state index in [1.54, 1.807) is 12.3 Å². The van der Waals surface area contributed by atoms with Crippen LogP contribution in [0.5, 0.6) is 0 Å². The number of hydrogen-bond donors (Lipinski definition) is 0. The van der Waals surface area contributed by atoms with Crippen molar-refractivity contribution in [2.24, 2.45) is 7.05 Å². The molecule has 164 valence electrons. The van der Waals surface area contributed by atoms with Crippen molar-refractivity contribution in [3.63, 3.8) is 0 Å². The normalized spacial score (nSPS) is 14.3. The van der Waals surface area contributed by atoms with E-state index < -0.39 is 0 Å². The number of halogens is 1. The number of hydrogen-bond acceptors (Lipinski definition) is 5. The third-order valence-electron chi connectivity index (χ3n) is 6.23. The minimum atomic E-state index is -0.379. The molecule has 0 atom stereocenters. The molecule has 0 bridgehead atoms. The monoisotopic (exact) mass is 432 g/mol. The summed E-state index contributed by atoms with van der Waals surface area (Å²) in [5.74, 6) is 0.162. The number of anilines is 1. The predicted molar refractivity (Wildman–Crippen MR) is 123 cm³/mol. The number of fused-ring (bicyclic) bond motifs is 1. The molecule has 7 heteroatoms. The van der Waals surface area contributed by atoms with Crippen LogP contribution in [0.2, 0.25) is 0 Å². The first kappa shape index (κ1) is 20.4. The van der Waals surface area contributed by atoms with Crippen LogP contribution >= 0.6 is 0 Å². The molecule has 5 rings (SSSR count). The fourth-order valence-corrected chi connectivity index (χ4v) is 4.36. The van der Waals surface area contributed by atoms with Crippen molar-refractivity contribution in [2.45, 2.75) is 32.6 Å². The molecule has 32 heavy (non-hydrogen) atoms. The fraction of sp³-hybridized carbons (Fsp3) is 0.320. The van der Waals surface area contributed by atoms with E-state index in [4.69, 9.17) is 4.52 Å².